The molecule has 0 aliphatic carbocycles. The van der Waals surface area contributed by atoms with Crippen LogP contribution in [0.15, 0.2) is 24.3 Å². The quantitative estimate of drug-likeness (QED) is 0.491. The first kappa shape index (κ1) is 16.1. The summed E-state index contributed by atoms with van der Waals surface area (Å²) in [4.78, 5) is 0. The highest BCUT2D eigenvalue weighted by atomic mass is 35.5. The Labute approximate surface area is 124 Å². The Morgan fingerprint density at radius 2 is 1.72 bits per heavy atom. The van der Waals surface area contributed by atoms with Crippen LogP contribution >= 0.6 is 34.8 Å². The molecular weight excluding hydrogens is 291 g/mol. The standard InChI is InChI=1S/C14H19Cl3O/c1-2-18-9-3-8-14(10-15,11-16)12-4-6-13(17)7-5-12/h4-7H,2-3,8-11H2,1H3. The molecule has 1 rings (SSSR count). The third-order valence-corrected chi connectivity index (χ3v) is 4.39. The molecule has 0 unspecified atom stereocenters. The second-order valence-electron chi connectivity index (χ2n) is 4.35. The maximum atomic E-state index is 6.15. The number of hydrogen-bond acceptors (Lipinski definition) is 1. The van der Waals surface area contributed by atoms with Gasteiger partial charge in [0.15, 0.2) is 0 Å². The van der Waals surface area contributed by atoms with E-state index >= 15 is 0 Å². The van der Waals surface area contributed by atoms with Crippen LogP contribution in [0.3, 0.4) is 0 Å². The van der Waals surface area contributed by atoms with E-state index in [1.54, 1.807) is 0 Å². The first-order valence-electron chi connectivity index (χ1n) is 6.14. The summed E-state index contributed by atoms with van der Waals surface area (Å²) in [7, 11) is 0. The molecule has 1 nitrogen and oxygen atoms in total. The van der Waals surface area contributed by atoms with Gasteiger partial charge in [-0.15, -0.1) is 23.2 Å². The van der Waals surface area contributed by atoms with Crippen LogP contribution in [0.25, 0.3) is 0 Å². The van der Waals surface area contributed by atoms with Crippen molar-refractivity contribution in [3.05, 3.63) is 34.9 Å². The molecule has 0 bridgehead atoms. The Hall–Kier alpha value is 0.0500. The zero-order valence-corrected chi connectivity index (χ0v) is 12.9. The topological polar surface area (TPSA) is 9.23 Å². The third kappa shape index (κ3) is 4.31. The van der Waals surface area contributed by atoms with E-state index in [4.69, 9.17) is 39.5 Å². The minimum atomic E-state index is -0.190. The van der Waals surface area contributed by atoms with Crippen molar-refractivity contribution in [2.45, 2.75) is 25.2 Å². The first-order chi connectivity index (χ1) is 8.68. The fourth-order valence-corrected chi connectivity index (χ4v) is 2.92. The van der Waals surface area contributed by atoms with Gasteiger partial charge in [0.25, 0.3) is 0 Å². The molecule has 0 radical (unpaired) electrons. The van der Waals surface area contributed by atoms with E-state index in [0.717, 1.165) is 36.6 Å². The summed E-state index contributed by atoms with van der Waals surface area (Å²) in [5, 5.41) is 0.728. The Morgan fingerprint density at radius 1 is 1.11 bits per heavy atom. The fraction of sp³-hybridized carbons (Fsp3) is 0.571. The van der Waals surface area contributed by atoms with Crippen LogP contribution in [0.1, 0.15) is 25.3 Å². The Morgan fingerprint density at radius 3 is 2.22 bits per heavy atom. The van der Waals surface area contributed by atoms with E-state index in [0.29, 0.717) is 11.8 Å². The molecule has 0 aliphatic heterocycles. The molecule has 0 spiro atoms. The van der Waals surface area contributed by atoms with Gasteiger partial charge in [0, 0.05) is 35.4 Å². The number of hydrogen-bond donors (Lipinski definition) is 0. The van der Waals surface area contributed by atoms with E-state index in [2.05, 4.69) is 0 Å². The maximum absolute atomic E-state index is 6.15. The third-order valence-electron chi connectivity index (χ3n) is 3.12. The van der Waals surface area contributed by atoms with E-state index < -0.39 is 0 Å². The normalized spacial score (nSPS) is 11.8. The van der Waals surface area contributed by atoms with E-state index in [-0.39, 0.29) is 5.41 Å². The zero-order chi connectivity index (χ0) is 13.4. The molecule has 0 amide bonds. The monoisotopic (exact) mass is 308 g/mol. The SMILES string of the molecule is CCOCCCC(CCl)(CCl)c1ccc(Cl)cc1. The van der Waals surface area contributed by atoms with Crippen molar-refractivity contribution in [3.63, 3.8) is 0 Å². The fourth-order valence-electron chi connectivity index (χ4n) is 1.93. The van der Waals surface area contributed by atoms with Gasteiger partial charge in [-0.3, -0.25) is 0 Å². The number of alkyl halides is 2. The second-order valence-corrected chi connectivity index (χ2v) is 5.33. The van der Waals surface area contributed by atoms with E-state index in [1.807, 2.05) is 31.2 Å². The van der Waals surface area contributed by atoms with Crippen LogP contribution in [0.2, 0.25) is 5.02 Å². The molecule has 0 aliphatic rings. The molecule has 1 aromatic rings. The Balaban J connectivity index is 2.75. The van der Waals surface area contributed by atoms with Crippen LogP contribution in [0.4, 0.5) is 0 Å². The molecule has 1 aromatic carbocycles. The van der Waals surface area contributed by atoms with Gasteiger partial charge < -0.3 is 4.74 Å². The lowest BCUT2D eigenvalue weighted by Crippen LogP contribution is -2.31. The van der Waals surface area contributed by atoms with Crippen molar-refractivity contribution in [1.29, 1.82) is 0 Å². The van der Waals surface area contributed by atoms with Gasteiger partial charge >= 0.3 is 0 Å². The van der Waals surface area contributed by atoms with Gasteiger partial charge in [0.1, 0.15) is 0 Å². The molecule has 0 N–H and O–H groups in total. The summed E-state index contributed by atoms with van der Waals surface area (Å²) < 4.78 is 5.37. The van der Waals surface area contributed by atoms with Gasteiger partial charge in [-0.2, -0.15) is 0 Å². The molecule has 0 aromatic heterocycles. The zero-order valence-electron chi connectivity index (χ0n) is 10.6. The molecule has 4 heteroatoms. The number of benzene rings is 1. The lowest BCUT2D eigenvalue weighted by atomic mass is 9.80. The molecule has 0 fully saturated rings. The summed E-state index contributed by atoms with van der Waals surface area (Å²) in [5.74, 6) is 1.01. The van der Waals surface area contributed by atoms with E-state index in [9.17, 15) is 0 Å². The summed E-state index contributed by atoms with van der Waals surface area (Å²) >= 11 is 18.2. The molecule has 0 saturated carbocycles. The van der Waals surface area contributed by atoms with Crippen LogP contribution in [-0.2, 0) is 10.2 Å². The summed E-state index contributed by atoms with van der Waals surface area (Å²) in [6, 6.07) is 7.78. The maximum Gasteiger partial charge on any atom is 0.0466 e. The van der Waals surface area contributed by atoms with Gasteiger partial charge in [-0.25, -0.2) is 0 Å². The number of halogens is 3. The smallest absolute Gasteiger partial charge is 0.0466 e. The highest BCUT2D eigenvalue weighted by Crippen LogP contribution is 2.33. The lowest BCUT2D eigenvalue weighted by molar-refractivity contribution is 0.139. The molecule has 0 atom stereocenters. The largest absolute Gasteiger partial charge is 0.382 e. The highest BCUT2D eigenvalue weighted by Gasteiger charge is 2.30. The van der Waals surface area contributed by atoms with Crippen LogP contribution < -0.4 is 0 Å². The van der Waals surface area contributed by atoms with Gasteiger partial charge in [-0.1, -0.05) is 23.7 Å². The first-order valence-corrected chi connectivity index (χ1v) is 7.59. The number of rotatable bonds is 8. The summed E-state index contributed by atoms with van der Waals surface area (Å²) in [6.07, 6.45) is 1.87. The molecular formula is C14H19Cl3O. The Kier molecular flexibility index (Phi) is 7.40. The average molecular weight is 310 g/mol. The molecule has 102 valence electrons. The van der Waals surface area contributed by atoms with E-state index in [1.165, 1.54) is 0 Å². The minimum absolute atomic E-state index is 0.190. The molecule has 18 heavy (non-hydrogen) atoms. The van der Waals surface area contributed by atoms with Gasteiger partial charge in [-0.05, 0) is 37.5 Å². The van der Waals surface area contributed by atoms with Gasteiger partial charge in [0.2, 0.25) is 0 Å². The highest BCUT2D eigenvalue weighted by molar-refractivity contribution is 6.30. The summed E-state index contributed by atoms with van der Waals surface area (Å²) in [6.45, 7) is 3.49. The van der Waals surface area contributed by atoms with Crippen LogP contribution in [0.5, 0.6) is 0 Å². The minimum Gasteiger partial charge on any atom is -0.382 e. The predicted octanol–water partition coefficient (Wildman–Crippen LogP) is 4.87. The molecule has 0 saturated heterocycles. The van der Waals surface area contributed by atoms with Crippen LogP contribution in [-0.4, -0.2) is 25.0 Å². The van der Waals surface area contributed by atoms with Gasteiger partial charge in [0.05, 0.1) is 0 Å². The van der Waals surface area contributed by atoms with Crippen molar-refractivity contribution >= 4 is 34.8 Å². The lowest BCUT2D eigenvalue weighted by Gasteiger charge is -2.30. The van der Waals surface area contributed by atoms with Crippen LogP contribution in [0, 0.1) is 0 Å². The van der Waals surface area contributed by atoms with Crippen molar-refractivity contribution in [1.82, 2.24) is 0 Å². The van der Waals surface area contributed by atoms with Crippen molar-refractivity contribution in [3.8, 4) is 0 Å². The van der Waals surface area contributed by atoms with Crippen molar-refractivity contribution < 1.29 is 4.74 Å². The number of ether oxygens (including phenoxy) is 1. The predicted molar refractivity (Wildman–Crippen MR) is 80.3 cm³/mol. The average Bonchev–Trinajstić information content (AvgIpc) is 2.41. The second kappa shape index (κ2) is 8.27. The van der Waals surface area contributed by atoms with Crippen molar-refractivity contribution in [2.24, 2.45) is 0 Å². The Bertz CT molecular complexity index is 333. The summed E-state index contributed by atoms with van der Waals surface area (Å²) in [5.41, 5.74) is 0.957. The van der Waals surface area contributed by atoms with Crippen molar-refractivity contribution in [2.75, 3.05) is 25.0 Å². The molecule has 0 heterocycles.